The number of carbonyl (C=O) groups is 2. The van der Waals surface area contributed by atoms with Crippen LogP contribution in [0.4, 0.5) is 23.4 Å². The number of esters is 1. The Labute approximate surface area is 268 Å². The number of rotatable bonds is 12. The van der Waals surface area contributed by atoms with Crippen molar-refractivity contribution in [1.82, 2.24) is 10.3 Å². The first kappa shape index (κ1) is 34.5. The molecule has 0 saturated carbocycles. The van der Waals surface area contributed by atoms with E-state index in [2.05, 4.69) is 30.9 Å². The molecule has 2 aromatic carbocycles. The van der Waals surface area contributed by atoms with Gasteiger partial charge >= 0.3 is 12.3 Å². The minimum atomic E-state index is -4.95. The Bertz CT molecular complexity index is 1480. The molecule has 1 aliphatic heterocycles. The molecule has 1 amide bonds. The highest BCUT2D eigenvalue weighted by Gasteiger charge is 2.33. The van der Waals surface area contributed by atoms with Gasteiger partial charge in [0, 0.05) is 53.8 Å². The van der Waals surface area contributed by atoms with Crippen LogP contribution in [0.15, 0.2) is 46.9 Å². The van der Waals surface area contributed by atoms with Crippen molar-refractivity contribution in [2.45, 2.75) is 83.9 Å². The largest absolute Gasteiger partial charge is 0.573 e. The van der Waals surface area contributed by atoms with Gasteiger partial charge in [0.25, 0.3) is 5.91 Å². The molecular formula is C33H38BrF4N3O4. The van der Waals surface area contributed by atoms with Crippen LogP contribution in [0.1, 0.15) is 85.7 Å². The second kappa shape index (κ2) is 15.7. The van der Waals surface area contributed by atoms with Crippen LogP contribution in [0.2, 0.25) is 0 Å². The summed E-state index contributed by atoms with van der Waals surface area (Å²) >= 11 is 3.48. The maximum atomic E-state index is 14.0. The number of halogens is 5. The van der Waals surface area contributed by atoms with E-state index in [0.717, 1.165) is 49.1 Å². The van der Waals surface area contributed by atoms with Crippen molar-refractivity contribution in [2.75, 3.05) is 24.5 Å². The number of aromatic nitrogens is 1. The lowest BCUT2D eigenvalue weighted by molar-refractivity contribution is -0.275. The molecule has 0 spiro atoms. The number of hydrogen-bond acceptors (Lipinski definition) is 6. The number of anilines is 1. The summed E-state index contributed by atoms with van der Waals surface area (Å²) in [6.45, 7) is 5.13. The summed E-state index contributed by atoms with van der Waals surface area (Å²) in [4.78, 5) is 33.5. The lowest BCUT2D eigenvalue weighted by Gasteiger charge is -2.26. The van der Waals surface area contributed by atoms with E-state index in [1.165, 1.54) is 18.2 Å². The fourth-order valence-electron chi connectivity index (χ4n) is 5.69. The fourth-order valence-corrected chi connectivity index (χ4v) is 6.05. The number of ether oxygens (including phenoxy) is 2. The van der Waals surface area contributed by atoms with Gasteiger partial charge in [-0.1, -0.05) is 53.9 Å². The summed E-state index contributed by atoms with van der Waals surface area (Å²) in [6, 6.07) is 11.1. The van der Waals surface area contributed by atoms with E-state index in [4.69, 9.17) is 9.72 Å². The molecule has 45 heavy (non-hydrogen) atoms. The van der Waals surface area contributed by atoms with Gasteiger partial charge in [0.15, 0.2) is 0 Å². The van der Waals surface area contributed by atoms with Crippen molar-refractivity contribution >= 4 is 44.5 Å². The molecule has 1 aromatic heterocycles. The molecule has 2 heterocycles. The Hall–Kier alpha value is -3.41. The van der Waals surface area contributed by atoms with Gasteiger partial charge in [0.1, 0.15) is 11.6 Å². The first-order valence-electron chi connectivity index (χ1n) is 15.3. The van der Waals surface area contributed by atoms with Crippen molar-refractivity contribution in [3.05, 3.63) is 63.6 Å². The summed E-state index contributed by atoms with van der Waals surface area (Å²) in [5.74, 6) is -1.74. The highest BCUT2D eigenvalue weighted by Crippen LogP contribution is 2.35. The summed E-state index contributed by atoms with van der Waals surface area (Å²) in [5.41, 5.74) is 1.91. The van der Waals surface area contributed by atoms with Crippen LogP contribution in [-0.4, -0.2) is 49.2 Å². The normalized spacial score (nSPS) is 15.3. The van der Waals surface area contributed by atoms with Gasteiger partial charge in [-0.25, -0.2) is 9.37 Å². The summed E-state index contributed by atoms with van der Waals surface area (Å²) in [5, 5.41) is 3.53. The number of nitrogens with zero attached hydrogens (tertiary/aromatic N) is 2. The summed E-state index contributed by atoms with van der Waals surface area (Å²) in [6.07, 6.45) is -2.18. The van der Waals surface area contributed by atoms with Gasteiger partial charge in [-0.2, -0.15) is 0 Å². The molecule has 4 rings (SSSR count). The predicted molar refractivity (Wildman–Crippen MR) is 168 cm³/mol. The molecule has 244 valence electrons. The van der Waals surface area contributed by atoms with Crippen LogP contribution < -0.4 is 15.0 Å². The molecule has 1 aliphatic rings. The highest BCUT2D eigenvalue weighted by molar-refractivity contribution is 9.10. The Balaban J connectivity index is 1.65. The second-order valence-electron chi connectivity index (χ2n) is 11.2. The highest BCUT2D eigenvalue weighted by atomic mass is 79.9. The monoisotopic (exact) mass is 695 g/mol. The molecule has 0 radical (unpaired) electrons. The first-order chi connectivity index (χ1) is 21.5. The summed E-state index contributed by atoms with van der Waals surface area (Å²) < 4.78 is 63.6. The number of pyridine rings is 1. The molecule has 12 heteroatoms. The zero-order chi connectivity index (χ0) is 32.6. The smallest absolute Gasteiger partial charge is 0.431 e. The molecule has 2 atom stereocenters. The molecule has 2 unspecified atom stereocenters. The molecule has 1 saturated heterocycles. The number of benzene rings is 2. The van der Waals surface area contributed by atoms with Gasteiger partial charge in [-0.05, 0) is 62.4 Å². The van der Waals surface area contributed by atoms with E-state index in [9.17, 15) is 27.2 Å². The van der Waals surface area contributed by atoms with Crippen LogP contribution in [0.3, 0.4) is 0 Å². The molecule has 3 aromatic rings. The van der Waals surface area contributed by atoms with Crippen molar-refractivity contribution in [1.29, 1.82) is 0 Å². The molecular weight excluding hydrogens is 658 g/mol. The third kappa shape index (κ3) is 9.54. The minimum absolute atomic E-state index is 0.0170. The number of alkyl halides is 4. The quantitative estimate of drug-likeness (QED) is 0.151. The Morgan fingerprint density at radius 2 is 1.78 bits per heavy atom. The van der Waals surface area contributed by atoms with Crippen molar-refractivity contribution in [2.24, 2.45) is 0 Å². The van der Waals surface area contributed by atoms with Crippen LogP contribution in [-0.2, 0) is 9.53 Å². The number of hydrogen-bond donors (Lipinski definition) is 1. The number of para-hydroxylation sites is 1. The molecule has 0 bridgehead atoms. The van der Waals surface area contributed by atoms with Crippen molar-refractivity contribution in [3.63, 3.8) is 0 Å². The van der Waals surface area contributed by atoms with E-state index in [1.807, 2.05) is 25.1 Å². The van der Waals surface area contributed by atoms with Crippen molar-refractivity contribution < 1.29 is 36.6 Å². The second-order valence-corrected chi connectivity index (χ2v) is 12.1. The third-order valence-electron chi connectivity index (χ3n) is 7.86. The number of carbonyl (C=O) groups excluding carboxylic acids is 2. The number of nitrogens with one attached hydrogen (secondary N) is 1. The zero-order valence-corrected chi connectivity index (χ0v) is 27.0. The van der Waals surface area contributed by atoms with E-state index in [0.29, 0.717) is 28.5 Å². The summed E-state index contributed by atoms with van der Waals surface area (Å²) in [7, 11) is 0. The lowest BCUT2D eigenvalue weighted by Crippen LogP contribution is -2.31. The topological polar surface area (TPSA) is 80.8 Å². The van der Waals surface area contributed by atoms with Gasteiger partial charge in [-0.3, -0.25) is 9.59 Å². The minimum Gasteiger partial charge on any atom is -0.431 e. The van der Waals surface area contributed by atoms with Crippen LogP contribution in [0, 0.1) is 6.92 Å². The maximum absolute atomic E-state index is 14.0. The SMILES string of the molecule is CCCC(F)OC(=O)CCC(CNC(=O)c1c(C)c(N2CCCCCC2)nc2ccc(Br)cc12)c1ccccc1OC(F)(F)F. The lowest BCUT2D eigenvalue weighted by atomic mass is 9.92. The average molecular weight is 697 g/mol. The fraction of sp³-hybridized carbons (Fsp3) is 0.485. The molecule has 0 aliphatic carbocycles. The van der Waals surface area contributed by atoms with Crippen molar-refractivity contribution in [3.8, 4) is 5.75 Å². The molecule has 1 N–H and O–H groups in total. The van der Waals surface area contributed by atoms with Gasteiger partial charge in [0.05, 0.1) is 11.1 Å². The van der Waals surface area contributed by atoms with Crippen LogP contribution in [0.5, 0.6) is 5.75 Å². The Kier molecular flexibility index (Phi) is 12.0. The maximum Gasteiger partial charge on any atom is 0.573 e. The first-order valence-corrected chi connectivity index (χ1v) is 16.1. The Morgan fingerprint density at radius 1 is 1.07 bits per heavy atom. The van der Waals surface area contributed by atoms with E-state index < -0.39 is 36.3 Å². The van der Waals surface area contributed by atoms with Gasteiger partial charge < -0.3 is 19.7 Å². The van der Waals surface area contributed by atoms with Crippen LogP contribution in [0.25, 0.3) is 10.9 Å². The third-order valence-corrected chi connectivity index (χ3v) is 8.36. The van der Waals surface area contributed by atoms with Gasteiger partial charge in [-0.15, -0.1) is 13.2 Å². The molecule has 7 nitrogen and oxygen atoms in total. The van der Waals surface area contributed by atoms with Gasteiger partial charge in [0.2, 0.25) is 6.36 Å². The zero-order valence-electron chi connectivity index (χ0n) is 25.4. The number of amides is 1. The standard InChI is InChI=1S/C33H38BrF4N3O4/c1-3-10-28(35)44-29(42)16-13-22(24-11-6-7-12-27(24)45-33(36,37)38)20-39-32(43)30-21(2)31(41-17-8-4-5-9-18-41)40-26-15-14-23(34)19-25(26)30/h6-7,11-12,14-15,19,22,28H,3-5,8-10,13,16-18,20H2,1-2H3,(H,39,43). The van der Waals surface area contributed by atoms with Crippen LogP contribution >= 0.6 is 15.9 Å². The van der Waals surface area contributed by atoms with E-state index >= 15 is 0 Å². The molecule has 1 fully saturated rings. The van der Waals surface area contributed by atoms with E-state index in [1.54, 1.807) is 13.0 Å². The number of fused-ring (bicyclic) bond motifs is 1. The average Bonchev–Trinajstić information content (AvgIpc) is 3.26. The van der Waals surface area contributed by atoms with E-state index in [-0.39, 0.29) is 31.4 Å². The Morgan fingerprint density at radius 3 is 2.47 bits per heavy atom. The predicted octanol–water partition coefficient (Wildman–Crippen LogP) is 8.52.